The van der Waals surface area contributed by atoms with Gasteiger partial charge in [0.05, 0.1) is 0 Å². The third-order valence-electron chi connectivity index (χ3n) is 3.22. The molecule has 0 aliphatic rings. The molecule has 1 N–H and O–H groups in total. The molecule has 3 rings (SSSR count). The van der Waals surface area contributed by atoms with Gasteiger partial charge in [-0.15, -0.1) is 0 Å². The van der Waals surface area contributed by atoms with Crippen molar-refractivity contribution in [3.8, 4) is 5.75 Å². The molecule has 0 heterocycles. The Hall–Kier alpha value is -2.19. The second kappa shape index (κ2) is 6.51. The molecule has 0 unspecified atom stereocenters. The summed E-state index contributed by atoms with van der Waals surface area (Å²) in [7, 11) is 0. The molecular formula is C19H16OS. The largest absolute Gasteiger partial charge is 0.508 e. The highest BCUT2D eigenvalue weighted by molar-refractivity contribution is 7.99. The fraction of sp³-hybridized carbons (Fsp3) is 0.0526. The molecule has 0 saturated heterocycles. The molecule has 0 amide bonds. The maximum absolute atomic E-state index is 9.33. The van der Waals surface area contributed by atoms with Crippen LogP contribution in [-0.4, -0.2) is 5.11 Å². The molecule has 0 aromatic heterocycles. The zero-order valence-corrected chi connectivity index (χ0v) is 12.4. The van der Waals surface area contributed by atoms with Crippen LogP contribution >= 0.6 is 11.8 Å². The van der Waals surface area contributed by atoms with Crippen LogP contribution in [0.4, 0.5) is 0 Å². The molecule has 0 spiro atoms. The van der Waals surface area contributed by atoms with Crippen LogP contribution in [0, 0.1) is 0 Å². The maximum atomic E-state index is 9.33. The van der Waals surface area contributed by atoms with E-state index in [-0.39, 0.29) is 0 Å². The summed E-state index contributed by atoms with van der Waals surface area (Å²) in [6.07, 6.45) is 0.878. The number of rotatable bonds is 4. The van der Waals surface area contributed by atoms with E-state index in [1.54, 1.807) is 23.9 Å². The summed E-state index contributed by atoms with van der Waals surface area (Å²) in [6, 6.07) is 26.4. The van der Waals surface area contributed by atoms with Gasteiger partial charge in [0.2, 0.25) is 0 Å². The van der Waals surface area contributed by atoms with Gasteiger partial charge in [0.15, 0.2) is 0 Å². The normalized spacial score (nSPS) is 10.5. The van der Waals surface area contributed by atoms with Crippen molar-refractivity contribution >= 4 is 11.8 Å². The molecule has 0 atom stereocenters. The highest BCUT2D eigenvalue weighted by Gasteiger charge is 2.01. The van der Waals surface area contributed by atoms with Crippen molar-refractivity contribution in [3.63, 3.8) is 0 Å². The molecule has 3 aromatic carbocycles. The number of benzene rings is 3. The summed E-state index contributed by atoms with van der Waals surface area (Å²) in [6.45, 7) is 0. The molecule has 2 heteroatoms. The Kier molecular flexibility index (Phi) is 4.27. The average molecular weight is 292 g/mol. The van der Waals surface area contributed by atoms with Crippen molar-refractivity contribution in [2.75, 3.05) is 0 Å². The Morgan fingerprint density at radius 3 is 2.14 bits per heavy atom. The molecule has 0 aliphatic carbocycles. The molecule has 0 radical (unpaired) electrons. The summed E-state index contributed by atoms with van der Waals surface area (Å²) in [4.78, 5) is 2.50. The minimum absolute atomic E-state index is 0.312. The van der Waals surface area contributed by atoms with E-state index in [9.17, 15) is 5.11 Å². The first-order valence-corrected chi connectivity index (χ1v) is 7.71. The summed E-state index contributed by atoms with van der Waals surface area (Å²) in [5, 5.41) is 9.33. The van der Waals surface area contributed by atoms with Gasteiger partial charge in [-0.05, 0) is 53.9 Å². The second-order valence-electron chi connectivity index (χ2n) is 4.91. The van der Waals surface area contributed by atoms with Gasteiger partial charge in [-0.1, -0.05) is 54.2 Å². The van der Waals surface area contributed by atoms with Crippen molar-refractivity contribution in [1.29, 1.82) is 0 Å². The van der Waals surface area contributed by atoms with E-state index in [2.05, 4.69) is 48.5 Å². The minimum Gasteiger partial charge on any atom is -0.508 e. The zero-order valence-electron chi connectivity index (χ0n) is 11.6. The van der Waals surface area contributed by atoms with Crippen molar-refractivity contribution in [1.82, 2.24) is 0 Å². The third-order valence-corrected chi connectivity index (χ3v) is 4.22. The zero-order chi connectivity index (χ0) is 14.5. The maximum Gasteiger partial charge on any atom is 0.115 e. The minimum atomic E-state index is 0.312. The Bertz CT molecular complexity index is 705. The third kappa shape index (κ3) is 3.89. The van der Waals surface area contributed by atoms with Gasteiger partial charge in [-0.25, -0.2) is 0 Å². The van der Waals surface area contributed by atoms with Crippen LogP contribution in [0.5, 0.6) is 5.75 Å². The van der Waals surface area contributed by atoms with Gasteiger partial charge in [0, 0.05) is 9.79 Å². The lowest BCUT2D eigenvalue weighted by atomic mass is 10.1. The number of phenols is 1. The van der Waals surface area contributed by atoms with Gasteiger partial charge in [0.1, 0.15) is 5.75 Å². The average Bonchev–Trinajstić information content (AvgIpc) is 2.51. The van der Waals surface area contributed by atoms with E-state index in [4.69, 9.17) is 0 Å². The fourth-order valence-electron chi connectivity index (χ4n) is 2.19. The van der Waals surface area contributed by atoms with E-state index in [0.717, 1.165) is 6.42 Å². The standard InChI is InChI=1S/C19H16OS/c20-17-11-9-15(10-12-17)13-16-5-4-8-19(14-16)21-18-6-2-1-3-7-18/h1-12,14,20H,13H2. The van der Waals surface area contributed by atoms with Gasteiger partial charge in [0.25, 0.3) is 0 Å². The molecule has 0 bridgehead atoms. The van der Waals surface area contributed by atoms with Crippen molar-refractivity contribution in [2.24, 2.45) is 0 Å². The van der Waals surface area contributed by atoms with Gasteiger partial charge in [-0.2, -0.15) is 0 Å². The van der Waals surface area contributed by atoms with Crippen LogP contribution in [-0.2, 0) is 6.42 Å². The number of aromatic hydroxyl groups is 1. The first kappa shape index (κ1) is 13.8. The van der Waals surface area contributed by atoms with Crippen molar-refractivity contribution < 1.29 is 5.11 Å². The van der Waals surface area contributed by atoms with E-state index >= 15 is 0 Å². The second-order valence-corrected chi connectivity index (χ2v) is 6.05. The van der Waals surface area contributed by atoms with E-state index in [0.29, 0.717) is 5.75 Å². The van der Waals surface area contributed by atoms with Gasteiger partial charge < -0.3 is 5.11 Å². The van der Waals surface area contributed by atoms with Crippen molar-refractivity contribution in [3.05, 3.63) is 90.0 Å². The summed E-state index contributed by atoms with van der Waals surface area (Å²) >= 11 is 1.77. The molecule has 3 aromatic rings. The first-order chi connectivity index (χ1) is 10.3. The quantitative estimate of drug-likeness (QED) is 0.719. The Morgan fingerprint density at radius 1 is 0.667 bits per heavy atom. The Labute approximate surface area is 129 Å². The van der Waals surface area contributed by atoms with Crippen LogP contribution < -0.4 is 0 Å². The molecule has 0 saturated carbocycles. The summed E-state index contributed by atoms with van der Waals surface area (Å²) in [5.74, 6) is 0.312. The number of phenolic OH excluding ortho intramolecular Hbond substituents is 1. The van der Waals surface area contributed by atoms with Crippen LogP contribution in [0.25, 0.3) is 0 Å². The number of hydrogen-bond donors (Lipinski definition) is 1. The molecule has 0 fully saturated rings. The van der Waals surface area contributed by atoms with E-state index in [1.807, 2.05) is 18.2 Å². The fourth-order valence-corrected chi connectivity index (χ4v) is 3.12. The van der Waals surface area contributed by atoms with Crippen LogP contribution in [0.3, 0.4) is 0 Å². The summed E-state index contributed by atoms with van der Waals surface area (Å²) in [5.41, 5.74) is 2.48. The number of hydrogen-bond acceptors (Lipinski definition) is 2. The van der Waals surface area contributed by atoms with Crippen LogP contribution in [0.2, 0.25) is 0 Å². The highest BCUT2D eigenvalue weighted by Crippen LogP contribution is 2.28. The lowest BCUT2D eigenvalue weighted by molar-refractivity contribution is 0.475. The summed E-state index contributed by atoms with van der Waals surface area (Å²) < 4.78 is 0. The van der Waals surface area contributed by atoms with Crippen molar-refractivity contribution in [2.45, 2.75) is 16.2 Å². The monoisotopic (exact) mass is 292 g/mol. The lowest BCUT2D eigenvalue weighted by Gasteiger charge is -2.06. The Morgan fingerprint density at radius 2 is 1.38 bits per heavy atom. The van der Waals surface area contributed by atoms with Crippen LogP contribution in [0.15, 0.2) is 88.7 Å². The lowest BCUT2D eigenvalue weighted by Crippen LogP contribution is -1.88. The van der Waals surface area contributed by atoms with E-state index < -0.39 is 0 Å². The molecule has 21 heavy (non-hydrogen) atoms. The van der Waals surface area contributed by atoms with E-state index in [1.165, 1.54) is 20.9 Å². The predicted molar refractivity (Wildman–Crippen MR) is 87.9 cm³/mol. The highest BCUT2D eigenvalue weighted by atomic mass is 32.2. The topological polar surface area (TPSA) is 20.2 Å². The van der Waals surface area contributed by atoms with Gasteiger partial charge in [-0.3, -0.25) is 0 Å². The molecule has 0 aliphatic heterocycles. The first-order valence-electron chi connectivity index (χ1n) is 6.89. The smallest absolute Gasteiger partial charge is 0.115 e. The molecule has 1 nitrogen and oxygen atoms in total. The molecular weight excluding hydrogens is 276 g/mol. The SMILES string of the molecule is Oc1ccc(Cc2cccc(Sc3ccccc3)c2)cc1. The van der Waals surface area contributed by atoms with Crippen LogP contribution in [0.1, 0.15) is 11.1 Å². The van der Waals surface area contributed by atoms with Gasteiger partial charge >= 0.3 is 0 Å². The Balaban J connectivity index is 1.75. The predicted octanol–water partition coefficient (Wildman–Crippen LogP) is 5.13. The molecule has 104 valence electrons.